The van der Waals surface area contributed by atoms with E-state index in [1.807, 2.05) is 0 Å². The second-order valence-corrected chi connectivity index (χ2v) is 9.68. The Morgan fingerprint density at radius 1 is 0.618 bits per heavy atom. The zero-order chi connectivity index (χ0) is 22.9. The molecular weight excluding hydrogens is 414 g/mol. The molecule has 0 atom stereocenters. The lowest BCUT2D eigenvalue weighted by molar-refractivity contribution is 0.723. The Bertz CT molecular complexity index is 1830. The number of aromatic nitrogens is 3. The molecule has 2 aromatic heterocycles. The maximum Gasteiger partial charge on any atom is 0.235 e. The van der Waals surface area contributed by atoms with Crippen molar-refractivity contribution in [3.05, 3.63) is 102 Å². The second-order valence-electron chi connectivity index (χ2n) is 9.68. The molecule has 4 aromatic carbocycles. The standard InChI is InChI=1S/C31H23N3/c1-31(2)18-25-26(19-31)32-30(33-29(25)24-15-9-11-20-10-3-4-12-21(20)24)34-27-16-7-5-13-22(27)23-14-6-8-17-28(23)34/h3-19H,1-2H3. The highest BCUT2D eigenvalue weighted by atomic mass is 15.2. The molecule has 0 unspecified atom stereocenters. The summed E-state index contributed by atoms with van der Waals surface area (Å²) in [5.74, 6) is 0.710. The van der Waals surface area contributed by atoms with Gasteiger partial charge in [0.15, 0.2) is 0 Å². The summed E-state index contributed by atoms with van der Waals surface area (Å²) in [7, 11) is 0. The van der Waals surface area contributed by atoms with E-state index in [4.69, 9.17) is 9.97 Å². The number of benzene rings is 4. The van der Waals surface area contributed by atoms with Gasteiger partial charge in [-0.1, -0.05) is 98.8 Å². The monoisotopic (exact) mass is 437 g/mol. The van der Waals surface area contributed by atoms with Gasteiger partial charge in [0, 0.05) is 27.0 Å². The summed E-state index contributed by atoms with van der Waals surface area (Å²) in [6.07, 6.45) is 4.56. The van der Waals surface area contributed by atoms with E-state index >= 15 is 0 Å². The molecule has 0 N–H and O–H groups in total. The Hall–Kier alpha value is -4.24. The summed E-state index contributed by atoms with van der Waals surface area (Å²) in [6, 6.07) is 32.0. The van der Waals surface area contributed by atoms with Crippen molar-refractivity contribution in [2.75, 3.05) is 0 Å². The first-order valence-corrected chi connectivity index (χ1v) is 11.7. The number of nitrogens with zero attached hydrogens (tertiary/aromatic N) is 3. The van der Waals surface area contributed by atoms with Gasteiger partial charge in [-0.2, -0.15) is 0 Å². The first-order chi connectivity index (χ1) is 16.6. The molecule has 7 rings (SSSR count). The molecule has 1 aliphatic rings. The van der Waals surface area contributed by atoms with Crippen LogP contribution in [0.25, 0.3) is 61.9 Å². The van der Waals surface area contributed by atoms with E-state index in [0.717, 1.165) is 32.9 Å². The Kier molecular flexibility index (Phi) is 3.89. The summed E-state index contributed by atoms with van der Waals surface area (Å²) in [6.45, 7) is 4.45. The fraction of sp³-hybridized carbons (Fsp3) is 0.0968. The van der Waals surface area contributed by atoms with Crippen LogP contribution in [0.5, 0.6) is 0 Å². The van der Waals surface area contributed by atoms with Crippen molar-refractivity contribution in [2.24, 2.45) is 5.41 Å². The van der Waals surface area contributed by atoms with Gasteiger partial charge in [0.1, 0.15) is 0 Å². The Balaban J connectivity index is 1.63. The fourth-order valence-electron chi connectivity index (χ4n) is 5.37. The van der Waals surface area contributed by atoms with Crippen LogP contribution in [0.3, 0.4) is 0 Å². The third-order valence-electron chi connectivity index (χ3n) is 6.81. The second kappa shape index (κ2) is 6.88. The van der Waals surface area contributed by atoms with Gasteiger partial charge in [-0.05, 0) is 29.0 Å². The molecular formula is C31H23N3. The number of hydrogen-bond donors (Lipinski definition) is 0. The molecule has 34 heavy (non-hydrogen) atoms. The molecule has 6 aromatic rings. The topological polar surface area (TPSA) is 30.7 Å². The minimum absolute atomic E-state index is 0.0736. The van der Waals surface area contributed by atoms with E-state index in [1.165, 1.54) is 21.5 Å². The van der Waals surface area contributed by atoms with Gasteiger partial charge in [-0.25, -0.2) is 9.97 Å². The van der Waals surface area contributed by atoms with Crippen LogP contribution >= 0.6 is 0 Å². The molecule has 2 heterocycles. The summed E-state index contributed by atoms with van der Waals surface area (Å²) >= 11 is 0. The van der Waals surface area contributed by atoms with Gasteiger partial charge < -0.3 is 0 Å². The van der Waals surface area contributed by atoms with Crippen LogP contribution in [0, 0.1) is 5.41 Å². The third kappa shape index (κ3) is 2.77. The first-order valence-electron chi connectivity index (χ1n) is 11.7. The van der Waals surface area contributed by atoms with Crippen LogP contribution in [0.2, 0.25) is 0 Å². The fourth-order valence-corrected chi connectivity index (χ4v) is 5.37. The van der Waals surface area contributed by atoms with Crippen LogP contribution < -0.4 is 10.6 Å². The molecule has 0 fully saturated rings. The highest BCUT2D eigenvalue weighted by Gasteiger charge is 2.22. The molecule has 1 aliphatic carbocycles. The zero-order valence-corrected chi connectivity index (χ0v) is 19.2. The number of hydrogen-bond acceptors (Lipinski definition) is 2. The Morgan fingerprint density at radius 3 is 1.97 bits per heavy atom. The van der Waals surface area contributed by atoms with Gasteiger partial charge in [0.2, 0.25) is 5.95 Å². The van der Waals surface area contributed by atoms with Crippen molar-refractivity contribution in [1.82, 2.24) is 14.5 Å². The minimum atomic E-state index is -0.0736. The predicted octanol–water partition coefficient (Wildman–Crippen LogP) is 5.99. The molecule has 3 nitrogen and oxygen atoms in total. The molecule has 0 saturated carbocycles. The smallest absolute Gasteiger partial charge is 0.235 e. The van der Waals surface area contributed by atoms with Crippen molar-refractivity contribution in [1.29, 1.82) is 0 Å². The number of para-hydroxylation sites is 2. The largest absolute Gasteiger partial charge is 0.278 e. The summed E-state index contributed by atoms with van der Waals surface area (Å²) < 4.78 is 2.21. The SMILES string of the molecule is CC1(C)C=c2nc(-n3c4ccccc4c4ccccc43)nc(-c3cccc4ccccc34)c2=C1. The highest BCUT2D eigenvalue weighted by Crippen LogP contribution is 2.32. The van der Waals surface area contributed by atoms with Gasteiger partial charge in [-0.15, -0.1) is 0 Å². The average molecular weight is 438 g/mol. The zero-order valence-electron chi connectivity index (χ0n) is 19.2. The summed E-state index contributed by atoms with van der Waals surface area (Å²) in [4.78, 5) is 10.4. The van der Waals surface area contributed by atoms with Gasteiger partial charge in [0.25, 0.3) is 0 Å². The molecule has 0 aliphatic heterocycles. The first kappa shape index (κ1) is 19.2. The van der Waals surface area contributed by atoms with E-state index in [9.17, 15) is 0 Å². The molecule has 0 saturated heterocycles. The van der Waals surface area contributed by atoms with E-state index < -0.39 is 0 Å². The number of fused-ring (bicyclic) bond motifs is 5. The summed E-state index contributed by atoms with van der Waals surface area (Å²) in [5.41, 5.74) is 4.29. The molecule has 162 valence electrons. The third-order valence-corrected chi connectivity index (χ3v) is 6.81. The van der Waals surface area contributed by atoms with Crippen molar-refractivity contribution >= 4 is 44.7 Å². The van der Waals surface area contributed by atoms with Crippen LogP contribution in [-0.2, 0) is 0 Å². The van der Waals surface area contributed by atoms with E-state index in [1.54, 1.807) is 0 Å². The van der Waals surface area contributed by atoms with Crippen LogP contribution in [0.15, 0.2) is 91.0 Å². The number of rotatable bonds is 2. The maximum absolute atomic E-state index is 5.27. The van der Waals surface area contributed by atoms with E-state index in [0.29, 0.717) is 5.95 Å². The molecule has 3 heteroatoms. The highest BCUT2D eigenvalue weighted by molar-refractivity contribution is 6.09. The van der Waals surface area contributed by atoms with Crippen LogP contribution in [0.1, 0.15) is 13.8 Å². The summed E-state index contributed by atoms with van der Waals surface area (Å²) in [5, 5.41) is 6.96. The van der Waals surface area contributed by atoms with Gasteiger partial charge in [-0.3, -0.25) is 4.57 Å². The van der Waals surface area contributed by atoms with Crippen molar-refractivity contribution < 1.29 is 0 Å². The quantitative estimate of drug-likeness (QED) is 0.333. The molecule has 0 spiro atoms. The lowest BCUT2D eigenvalue weighted by Crippen LogP contribution is -2.30. The maximum atomic E-state index is 5.27. The van der Waals surface area contributed by atoms with Gasteiger partial charge in [0.05, 0.1) is 22.1 Å². The Morgan fingerprint density at radius 2 is 1.24 bits per heavy atom. The van der Waals surface area contributed by atoms with Crippen molar-refractivity contribution in [3.63, 3.8) is 0 Å². The van der Waals surface area contributed by atoms with Crippen molar-refractivity contribution in [3.8, 4) is 17.2 Å². The van der Waals surface area contributed by atoms with Crippen LogP contribution in [0.4, 0.5) is 0 Å². The normalized spacial score (nSPS) is 14.3. The molecule has 0 amide bonds. The Labute approximate surface area is 197 Å². The molecule has 0 radical (unpaired) electrons. The van der Waals surface area contributed by atoms with Crippen LogP contribution in [-0.4, -0.2) is 14.5 Å². The van der Waals surface area contributed by atoms with Crippen molar-refractivity contribution in [2.45, 2.75) is 13.8 Å². The predicted molar refractivity (Wildman–Crippen MR) is 141 cm³/mol. The molecule has 0 bridgehead atoms. The van der Waals surface area contributed by atoms with E-state index in [2.05, 4.69) is 122 Å². The lowest BCUT2D eigenvalue weighted by Gasteiger charge is -2.11. The van der Waals surface area contributed by atoms with Gasteiger partial charge >= 0.3 is 0 Å². The van der Waals surface area contributed by atoms with E-state index in [-0.39, 0.29) is 5.41 Å². The average Bonchev–Trinajstić information content (AvgIpc) is 3.36. The minimum Gasteiger partial charge on any atom is -0.278 e. The lowest BCUT2D eigenvalue weighted by atomic mass is 9.95.